The predicted octanol–water partition coefficient (Wildman–Crippen LogP) is 3.79. The Labute approximate surface area is 125 Å². The Hall–Kier alpha value is -2.14. The van der Waals surface area contributed by atoms with Crippen LogP contribution in [0.2, 0.25) is 0 Å². The van der Waals surface area contributed by atoms with Crippen LogP contribution in [0.4, 0.5) is 5.82 Å². The minimum atomic E-state index is 0.474. The molecule has 0 atom stereocenters. The topological polar surface area (TPSA) is 67.6 Å². The number of anilines is 1. The number of H-pyrrole nitrogens is 1. The van der Waals surface area contributed by atoms with Gasteiger partial charge in [0.05, 0.1) is 11.3 Å². The number of pyridine rings is 1. The number of hydrogen-bond donors (Lipinski definition) is 2. The Kier molecular flexibility index (Phi) is 3.28. The van der Waals surface area contributed by atoms with Crippen molar-refractivity contribution in [3.05, 3.63) is 52.8 Å². The molecule has 4 nitrogen and oxygen atoms in total. The number of nitrogens with one attached hydrogen (secondary N) is 1. The zero-order chi connectivity index (χ0) is 14.1. The van der Waals surface area contributed by atoms with Crippen LogP contribution in [0.5, 0.6) is 0 Å². The van der Waals surface area contributed by atoms with Crippen LogP contribution in [0.25, 0.3) is 22.4 Å². The quantitative estimate of drug-likeness (QED) is 0.752. The summed E-state index contributed by atoms with van der Waals surface area (Å²) < 4.78 is 0.997. The maximum atomic E-state index is 6.01. The van der Waals surface area contributed by atoms with Crippen molar-refractivity contribution in [1.29, 1.82) is 0 Å². The normalized spacial score (nSPS) is 10.7. The van der Waals surface area contributed by atoms with E-state index in [-0.39, 0.29) is 0 Å². The van der Waals surface area contributed by atoms with Gasteiger partial charge < -0.3 is 5.73 Å². The van der Waals surface area contributed by atoms with Crippen LogP contribution in [0.1, 0.15) is 5.56 Å². The SMILES string of the molecule is Cc1ccc(Br)c(-c2[nH]nc(N)c2-c2cccnc2)c1. The number of nitrogens with zero attached hydrogens (tertiary/aromatic N) is 2. The molecule has 5 heteroatoms. The highest BCUT2D eigenvalue weighted by molar-refractivity contribution is 9.10. The minimum Gasteiger partial charge on any atom is -0.382 e. The molecule has 100 valence electrons. The fourth-order valence-corrected chi connectivity index (χ4v) is 2.63. The van der Waals surface area contributed by atoms with Gasteiger partial charge in [-0.05, 0) is 25.1 Å². The summed E-state index contributed by atoms with van der Waals surface area (Å²) in [5.41, 5.74) is 10.9. The highest BCUT2D eigenvalue weighted by Crippen LogP contribution is 2.37. The second-order valence-electron chi connectivity index (χ2n) is 4.58. The molecule has 0 unspecified atom stereocenters. The highest BCUT2D eigenvalue weighted by Gasteiger charge is 2.16. The summed E-state index contributed by atoms with van der Waals surface area (Å²) in [5, 5.41) is 7.17. The summed E-state index contributed by atoms with van der Waals surface area (Å²) in [7, 11) is 0. The number of benzene rings is 1. The van der Waals surface area contributed by atoms with Gasteiger partial charge in [-0.3, -0.25) is 10.1 Å². The average molecular weight is 329 g/mol. The number of halogens is 1. The van der Waals surface area contributed by atoms with E-state index in [1.807, 2.05) is 18.2 Å². The molecule has 0 amide bonds. The van der Waals surface area contributed by atoms with Crippen molar-refractivity contribution in [2.45, 2.75) is 6.92 Å². The van der Waals surface area contributed by atoms with Crippen LogP contribution in [0.3, 0.4) is 0 Å². The van der Waals surface area contributed by atoms with Gasteiger partial charge in [0.2, 0.25) is 0 Å². The molecule has 0 saturated heterocycles. The van der Waals surface area contributed by atoms with Gasteiger partial charge >= 0.3 is 0 Å². The van der Waals surface area contributed by atoms with Crippen LogP contribution in [-0.2, 0) is 0 Å². The molecule has 3 aromatic rings. The van der Waals surface area contributed by atoms with E-state index in [1.165, 1.54) is 5.56 Å². The third kappa shape index (κ3) is 2.20. The van der Waals surface area contributed by atoms with Crippen LogP contribution < -0.4 is 5.73 Å². The molecular formula is C15H13BrN4. The molecule has 0 saturated carbocycles. The van der Waals surface area contributed by atoms with Gasteiger partial charge in [0.25, 0.3) is 0 Å². The van der Waals surface area contributed by atoms with Crippen LogP contribution >= 0.6 is 15.9 Å². The van der Waals surface area contributed by atoms with Gasteiger partial charge in [0, 0.05) is 28.0 Å². The lowest BCUT2D eigenvalue weighted by atomic mass is 10.0. The Morgan fingerprint density at radius 2 is 2.10 bits per heavy atom. The fraction of sp³-hybridized carbons (Fsp3) is 0.0667. The number of nitrogens with two attached hydrogens (primary N) is 1. The van der Waals surface area contributed by atoms with E-state index in [0.717, 1.165) is 26.9 Å². The van der Waals surface area contributed by atoms with E-state index in [2.05, 4.69) is 50.2 Å². The lowest BCUT2D eigenvalue weighted by molar-refractivity contribution is 1.10. The maximum absolute atomic E-state index is 6.01. The number of aryl methyl sites for hydroxylation is 1. The molecule has 3 N–H and O–H groups in total. The summed E-state index contributed by atoms with van der Waals surface area (Å²) in [6.45, 7) is 2.05. The van der Waals surface area contributed by atoms with Crippen molar-refractivity contribution in [2.24, 2.45) is 0 Å². The van der Waals surface area contributed by atoms with E-state index in [1.54, 1.807) is 12.4 Å². The molecule has 20 heavy (non-hydrogen) atoms. The lowest BCUT2D eigenvalue weighted by Gasteiger charge is -2.07. The largest absolute Gasteiger partial charge is 0.382 e. The van der Waals surface area contributed by atoms with Gasteiger partial charge in [0.1, 0.15) is 0 Å². The number of aromatic amines is 1. The van der Waals surface area contributed by atoms with E-state index in [4.69, 9.17) is 5.73 Å². The minimum absolute atomic E-state index is 0.474. The molecule has 2 heterocycles. The van der Waals surface area contributed by atoms with Crippen LogP contribution in [-0.4, -0.2) is 15.2 Å². The van der Waals surface area contributed by atoms with Gasteiger partial charge in [-0.15, -0.1) is 0 Å². The average Bonchev–Trinajstić information content (AvgIpc) is 2.84. The molecular weight excluding hydrogens is 316 g/mol. The first-order chi connectivity index (χ1) is 9.66. The molecule has 0 bridgehead atoms. The van der Waals surface area contributed by atoms with Gasteiger partial charge in [-0.2, -0.15) is 5.10 Å². The zero-order valence-corrected chi connectivity index (χ0v) is 12.5. The summed E-state index contributed by atoms with van der Waals surface area (Å²) >= 11 is 3.58. The smallest absolute Gasteiger partial charge is 0.153 e. The van der Waals surface area contributed by atoms with E-state index >= 15 is 0 Å². The van der Waals surface area contributed by atoms with E-state index < -0.39 is 0 Å². The third-order valence-corrected chi connectivity index (χ3v) is 3.83. The van der Waals surface area contributed by atoms with Crippen molar-refractivity contribution >= 4 is 21.7 Å². The molecule has 3 rings (SSSR count). The summed E-state index contributed by atoms with van der Waals surface area (Å²) in [4.78, 5) is 4.15. The third-order valence-electron chi connectivity index (χ3n) is 3.14. The van der Waals surface area contributed by atoms with Crippen LogP contribution in [0, 0.1) is 6.92 Å². The molecule has 0 aliphatic rings. The fourth-order valence-electron chi connectivity index (χ4n) is 2.18. The molecule has 0 radical (unpaired) electrons. The van der Waals surface area contributed by atoms with Crippen LogP contribution in [0.15, 0.2) is 47.2 Å². The number of hydrogen-bond acceptors (Lipinski definition) is 3. The van der Waals surface area contributed by atoms with Crippen molar-refractivity contribution in [1.82, 2.24) is 15.2 Å². The number of rotatable bonds is 2. The first kappa shape index (κ1) is 12.9. The predicted molar refractivity (Wildman–Crippen MR) is 84.1 cm³/mol. The molecule has 2 aromatic heterocycles. The van der Waals surface area contributed by atoms with E-state index in [0.29, 0.717) is 5.82 Å². The van der Waals surface area contributed by atoms with Gasteiger partial charge in [-0.25, -0.2) is 0 Å². The van der Waals surface area contributed by atoms with Crippen molar-refractivity contribution in [3.63, 3.8) is 0 Å². The molecule has 0 fully saturated rings. The highest BCUT2D eigenvalue weighted by atomic mass is 79.9. The summed E-state index contributed by atoms with van der Waals surface area (Å²) in [6.07, 6.45) is 3.52. The van der Waals surface area contributed by atoms with E-state index in [9.17, 15) is 0 Å². The Morgan fingerprint density at radius 3 is 2.85 bits per heavy atom. The Bertz CT molecular complexity index is 750. The molecule has 0 aliphatic heterocycles. The number of nitrogen functional groups attached to an aromatic ring is 1. The van der Waals surface area contributed by atoms with Crippen molar-refractivity contribution in [3.8, 4) is 22.4 Å². The zero-order valence-electron chi connectivity index (χ0n) is 10.9. The lowest BCUT2D eigenvalue weighted by Crippen LogP contribution is -1.90. The second-order valence-corrected chi connectivity index (χ2v) is 5.44. The maximum Gasteiger partial charge on any atom is 0.153 e. The second kappa shape index (κ2) is 5.09. The molecule has 1 aromatic carbocycles. The number of aromatic nitrogens is 3. The van der Waals surface area contributed by atoms with Crippen molar-refractivity contribution < 1.29 is 0 Å². The first-order valence-corrected chi connectivity index (χ1v) is 6.97. The first-order valence-electron chi connectivity index (χ1n) is 6.17. The Morgan fingerprint density at radius 1 is 1.25 bits per heavy atom. The molecule has 0 spiro atoms. The Balaban J connectivity index is 2.24. The standard InChI is InChI=1S/C15H13BrN4/c1-9-4-5-12(16)11(7-9)14-13(15(17)20-19-14)10-3-2-6-18-8-10/h2-8H,1H3,(H3,17,19,20). The monoisotopic (exact) mass is 328 g/mol. The summed E-state index contributed by atoms with van der Waals surface area (Å²) in [6, 6.07) is 10.0. The van der Waals surface area contributed by atoms with Gasteiger partial charge in [0.15, 0.2) is 5.82 Å². The van der Waals surface area contributed by atoms with Crippen molar-refractivity contribution in [2.75, 3.05) is 5.73 Å². The van der Waals surface area contributed by atoms with Gasteiger partial charge in [-0.1, -0.05) is 33.6 Å². The molecule has 0 aliphatic carbocycles. The summed E-state index contributed by atoms with van der Waals surface area (Å²) in [5.74, 6) is 0.474.